The van der Waals surface area contributed by atoms with E-state index in [-0.39, 0.29) is 18.3 Å². The maximum Gasteiger partial charge on any atom is 0.407 e. The van der Waals surface area contributed by atoms with E-state index in [2.05, 4.69) is 5.32 Å². The van der Waals surface area contributed by atoms with Crippen LogP contribution in [0.25, 0.3) is 0 Å². The van der Waals surface area contributed by atoms with Crippen molar-refractivity contribution in [2.75, 3.05) is 12.9 Å². The van der Waals surface area contributed by atoms with Crippen molar-refractivity contribution in [2.45, 2.75) is 42.9 Å². The number of hydrogen-bond donors (Lipinski definition) is 2. The predicted molar refractivity (Wildman–Crippen MR) is 147 cm³/mol. The van der Waals surface area contributed by atoms with Gasteiger partial charge in [-0.15, -0.1) is 0 Å². The molecule has 0 aliphatic heterocycles. The highest BCUT2D eigenvalue weighted by atomic mass is 32.2. The molecule has 1 amide bonds. The van der Waals surface area contributed by atoms with Crippen molar-refractivity contribution in [1.29, 1.82) is 0 Å². The highest BCUT2D eigenvalue weighted by Crippen LogP contribution is 2.27. The fourth-order valence-corrected chi connectivity index (χ4v) is 5.69. The average molecular weight is 544 g/mol. The molecule has 0 aromatic heterocycles. The van der Waals surface area contributed by atoms with Gasteiger partial charge in [-0.3, -0.25) is 4.55 Å². The molecule has 2 N–H and O–H groups in total. The van der Waals surface area contributed by atoms with Crippen molar-refractivity contribution in [1.82, 2.24) is 5.32 Å². The molecular weight excluding hydrogens is 510 g/mol. The number of hydrogen-bond acceptors (Lipinski definition) is 6. The molecule has 0 aliphatic rings. The number of alkyl carbamates (subject to hydrolysis) is 1. The van der Waals surface area contributed by atoms with Crippen LogP contribution in [0.4, 0.5) is 4.79 Å². The van der Waals surface area contributed by atoms with E-state index in [9.17, 15) is 17.8 Å². The Morgan fingerprint density at radius 1 is 0.892 bits per heavy atom. The summed E-state index contributed by atoms with van der Waals surface area (Å²) in [4.78, 5) is 12.7. The van der Waals surface area contributed by atoms with Gasteiger partial charge in [0.25, 0.3) is 10.1 Å². The van der Waals surface area contributed by atoms with Crippen LogP contribution >= 0.6 is 11.8 Å². The van der Waals surface area contributed by atoms with Crippen LogP contribution in [0.5, 0.6) is 5.75 Å². The minimum atomic E-state index is -4.20. The van der Waals surface area contributed by atoms with Gasteiger partial charge in [0.05, 0.1) is 12.9 Å². The Morgan fingerprint density at radius 2 is 1.51 bits per heavy atom. The van der Waals surface area contributed by atoms with Gasteiger partial charge in [0.1, 0.15) is 12.4 Å². The molecule has 3 aromatic carbocycles. The molecule has 0 heterocycles. The smallest absolute Gasteiger partial charge is 0.407 e. The molecule has 2 atom stereocenters. The first kappa shape index (κ1) is 28.6. The number of benzene rings is 3. The summed E-state index contributed by atoms with van der Waals surface area (Å²) in [5.41, 5.74) is 3.08. The second-order valence-corrected chi connectivity index (χ2v) is 11.4. The number of thioether (sulfide) groups is 1. The molecule has 7 nitrogen and oxygen atoms in total. The molecule has 9 heteroatoms. The lowest BCUT2D eigenvalue weighted by Crippen LogP contribution is -2.43. The van der Waals surface area contributed by atoms with E-state index in [0.717, 1.165) is 28.9 Å². The van der Waals surface area contributed by atoms with E-state index in [0.29, 0.717) is 12.2 Å². The number of carbonyl (C=O) groups excluding carboxylic acids is 1. The van der Waals surface area contributed by atoms with Gasteiger partial charge in [-0.2, -0.15) is 20.2 Å². The molecule has 0 radical (unpaired) electrons. The molecule has 3 aromatic rings. The van der Waals surface area contributed by atoms with Gasteiger partial charge >= 0.3 is 6.09 Å². The number of carbonyl (C=O) groups is 1. The van der Waals surface area contributed by atoms with Crippen LogP contribution in [-0.2, 0) is 33.6 Å². The second-order valence-electron chi connectivity index (χ2n) is 8.61. The molecule has 0 spiro atoms. The lowest BCUT2D eigenvalue weighted by molar-refractivity contribution is 0.135. The molecule has 0 saturated heterocycles. The quantitative estimate of drug-likeness (QED) is 0.259. The van der Waals surface area contributed by atoms with Crippen LogP contribution in [0, 0.1) is 0 Å². The Balaban J connectivity index is 1.73. The third kappa shape index (κ3) is 10.9. The zero-order chi connectivity index (χ0) is 26.5. The number of nitrogens with one attached hydrogen (secondary N) is 1. The highest BCUT2D eigenvalue weighted by molar-refractivity contribution is 7.99. The summed E-state index contributed by atoms with van der Waals surface area (Å²) < 4.78 is 43.2. The summed E-state index contributed by atoms with van der Waals surface area (Å²) in [6.45, 7) is 0.103. The Labute approximate surface area is 223 Å². The molecule has 198 valence electrons. The van der Waals surface area contributed by atoms with E-state index in [1.54, 1.807) is 18.9 Å². The van der Waals surface area contributed by atoms with Crippen LogP contribution in [0.15, 0.2) is 84.9 Å². The van der Waals surface area contributed by atoms with Crippen molar-refractivity contribution in [3.63, 3.8) is 0 Å². The topological polar surface area (TPSA) is 102 Å². The van der Waals surface area contributed by atoms with Gasteiger partial charge in [0.2, 0.25) is 0 Å². The van der Waals surface area contributed by atoms with E-state index in [1.165, 1.54) is 0 Å². The SMILES string of the molecule is COc1ccc(CS[C@@H](CCc2ccccc2)C(CCS(=O)(=O)O)NC(=O)OCc2ccccc2)cc1. The van der Waals surface area contributed by atoms with E-state index < -0.39 is 28.0 Å². The van der Waals surface area contributed by atoms with Crippen LogP contribution in [0.2, 0.25) is 0 Å². The van der Waals surface area contributed by atoms with Crippen molar-refractivity contribution in [3.05, 3.63) is 102 Å². The van der Waals surface area contributed by atoms with Crippen molar-refractivity contribution >= 4 is 28.0 Å². The number of aryl methyl sites for hydroxylation is 1. The molecule has 0 aliphatic carbocycles. The van der Waals surface area contributed by atoms with Crippen LogP contribution in [0.1, 0.15) is 29.5 Å². The van der Waals surface area contributed by atoms with E-state index >= 15 is 0 Å². The third-order valence-corrected chi connectivity index (χ3v) is 8.08. The molecular formula is C28H33NO6S2. The minimum absolute atomic E-state index is 0.0638. The largest absolute Gasteiger partial charge is 0.497 e. The summed E-state index contributed by atoms with van der Waals surface area (Å²) in [5, 5.41) is 2.74. The molecule has 0 bridgehead atoms. The van der Waals surface area contributed by atoms with Crippen LogP contribution < -0.4 is 10.1 Å². The van der Waals surface area contributed by atoms with E-state index in [1.807, 2.05) is 84.9 Å². The maximum atomic E-state index is 12.7. The molecule has 1 unspecified atom stereocenters. The number of rotatable bonds is 14. The zero-order valence-corrected chi connectivity index (χ0v) is 22.4. The van der Waals surface area contributed by atoms with Crippen molar-refractivity contribution in [3.8, 4) is 5.75 Å². The maximum absolute atomic E-state index is 12.7. The Hall–Kier alpha value is -3.01. The first-order chi connectivity index (χ1) is 17.8. The van der Waals surface area contributed by atoms with Gasteiger partial charge in [0, 0.05) is 17.0 Å². The monoisotopic (exact) mass is 543 g/mol. The fourth-order valence-electron chi connectivity index (χ4n) is 3.82. The Morgan fingerprint density at radius 3 is 2.11 bits per heavy atom. The van der Waals surface area contributed by atoms with Crippen molar-refractivity contribution in [2.24, 2.45) is 0 Å². The normalized spacial score (nSPS) is 12.9. The predicted octanol–water partition coefficient (Wildman–Crippen LogP) is 5.50. The van der Waals surface area contributed by atoms with Gasteiger partial charge in [0.15, 0.2) is 0 Å². The zero-order valence-electron chi connectivity index (χ0n) is 20.8. The van der Waals surface area contributed by atoms with Gasteiger partial charge in [-0.05, 0) is 48.1 Å². The van der Waals surface area contributed by atoms with Gasteiger partial charge in [-0.25, -0.2) is 4.79 Å². The van der Waals surface area contributed by atoms with Gasteiger partial charge < -0.3 is 14.8 Å². The Bertz CT molecular complexity index is 1190. The first-order valence-corrected chi connectivity index (χ1v) is 14.7. The first-order valence-electron chi connectivity index (χ1n) is 12.0. The average Bonchev–Trinajstić information content (AvgIpc) is 2.91. The second kappa shape index (κ2) is 14.7. The summed E-state index contributed by atoms with van der Waals surface area (Å²) in [6, 6.07) is 26.5. The molecule has 0 fully saturated rings. The lowest BCUT2D eigenvalue weighted by Gasteiger charge is -2.27. The summed E-state index contributed by atoms with van der Waals surface area (Å²) in [6.07, 6.45) is 0.886. The lowest BCUT2D eigenvalue weighted by atomic mass is 10.0. The van der Waals surface area contributed by atoms with Crippen LogP contribution in [0.3, 0.4) is 0 Å². The number of ether oxygens (including phenoxy) is 2. The summed E-state index contributed by atoms with van der Waals surface area (Å²) >= 11 is 1.63. The molecule has 3 rings (SSSR count). The van der Waals surface area contributed by atoms with E-state index in [4.69, 9.17) is 9.47 Å². The Kier molecular flexibility index (Phi) is 11.3. The minimum Gasteiger partial charge on any atom is -0.497 e. The molecule has 0 saturated carbocycles. The fraction of sp³-hybridized carbons (Fsp3) is 0.321. The third-order valence-electron chi connectivity index (χ3n) is 5.84. The van der Waals surface area contributed by atoms with Gasteiger partial charge in [-0.1, -0.05) is 72.8 Å². The summed E-state index contributed by atoms with van der Waals surface area (Å²) in [5.74, 6) is 0.969. The summed E-state index contributed by atoms with van der Waals surface area (Å²) in [7, 11) is -2.58. The number of amides is 1. The number of methoxy groups -OCH3 is 1. The van der Waals surface area contributed by atoms with Crippen molar-refractivity contribution < 1.29 is 27.2 Å². The standard InChI is InChI=1S/C28H33NO6S2/c1-34-25-15-12-24(13-16-25)21-36-27(17-14-22-8-4-2-5-9-22)26(18-19-37(31,32)33)29-28(30)35-20-23-10-6-3-7-11-23/h2-13,15-16,26-27H,14,17-21H2,1H3,(H,29,30)(H,31,32,33)/t26?,27-/m0/s1. The highest BCUT2D eigenvalue weighted by Gasteiger charge is 2.26. The van der Waals surface area contributed by atoms with Crippen LogP contribution in [-0.4, -0.2) is 43.2 Å². The molecule has 37 heavy (non-hydrogen) atoms.